The van der Waals surface area contributed by atoms with Gasteiger partial charge in [0, 0.05) is 31.4 Å². The number of likely N-dealkylation sites (tertiary alicyclic amines) is 1. The lowest BCUT2D eigenvalue weighted by atomic mass is 9.93. The lowest BCUT2D eigenvalue weighted by Crippen LogP contribution is -2.41. The normalized spacial score (nSPS) is 16.5. The van der Waals surface area contributed by atoms with Crippen LogP contribution < -0.4 is 5.32 Å². The first-order chi connectivity index (χ1) is 14.0. The van der Waals surface area contributed by atoms with Gasteiger partial charge in [-0.05, 0) is 68.0 Å². The molecule has 1 saturated heterocycles. The molecular formula is C22H26FN3O2S. The van der Waals surface area contributed by atoms with Gasteiger partial charge in [0.25, 0.3) is 0 Å². The Bertz CT molecular complexity index is 847. The fourth-order valence-corrected chi connectivity index (χ4v) is 4.27. The highest BCUT2D eigenvalue weighted by Crippen LogP contribution is 2.23. The zero-order valence-electron chi connectivity index (χ0n) is 16.6. The summed E-state index contributed by atoms with van der Waals surface area (Å²) in [7, 11) is 0. The predicted octanol–water partition coefficient (Wildman–Crippen LogP) is 4.28. The Morgan fingerprint density at radius 2 is 2.17 bits per heavy atom. The van der Waals surface area contributed by atoms with Gasteiger partial charge >= 0.3 is 0 Å². The summed E-state index contributed by atoms with van der Waals surface area (Å²) in [6.45, 7) is 3.25. The molecule has 5 nitrogen and oxygen atoms in total. The number of amides is 2. The zero-order chi connectivity index (χ0) is 20.6. The second kappa shape index (κ2) is 10.4. The Morgan fingerprint density at radius 3 is 2.93 bits per heavy atom. The van der Waals surface area contributed by atoms with Crippen molar-refractivity contribution in [3.63, 3.8) is 0 Å². The number of rotatable bonds is 7. The predicted molar refractivity (Wildman–Crippen MR) is 113 cm³/mol. The monoisotopic (exact) mass is 415 g/mol. The number of aryl methyl sites for hydroxylation is 1. The van der Waals surface area contributed by atoms with Gasteiger partial charge in [0.1, 0.15) is 5.82 Å². The van der Waals surface area contributed by atoms with Crippen LogP contribution in [-0.2, 0) is 9.59 Å². The minimum absolute atomic E-state index is 0.0751. The second-order valence-electron chi connectivity index (χ2n) is 7.35. The Morgan fingerprint density at radius 1 is 1.31 bits per heavy atom. The van der Waals surface area contributed by atoms with Crippen LogP contribution in [0.5, 0.6) is 0 Å². The molecule has 7 heteroatoms. The minimum atomic E-state index is -0.311. The summed E-state index contributed by atoms with van der Waals surface area (Å²) < 4.78 is 13.2. The molecule has 3 rings (SSSR count). The number of pyridine rings is 1. The van der Waals surface area contributed by atoms with Crippen molar-refractivity contribution in [1.82, 2.24) is 9.88 Å². The lowest BCUT2D eigenvalue weighted by molar-refractivity contribution is -0.130. The Hall–Kier alpha value is -2.41. The maximum atomic E-state index is 13.2. The summed E-state index contributed by atoms with van der Waals surface area (Å²) in [6, 6.07) is 10.0. The average molecular weight is 416 g/mol. The average Bonchev–Trinajstić information content (AvgIpc) is 2.73. The van der Waals surface area contributed by atoms with E-state index < -0.39 is 0 Å². The van der Waals surface area contributed by atoms with E-state index in [2.05, 4.69) is 10.3 Å². The molecule has 0 saturated carbocycles. The molecule has 1 aliphatic heterocycles. The molecule has 0 unspecified atom stereocenters. The van der Waals surface area contributed by atoms with Gasteiger partial charge in [-0.25, -0.2) is 9.37 Å². The highest BCUT2D eigenvalue weighted by atomic mass is 32.2. The number of halogens is 1. The first-order valence-corrected chi connectivity index (χ1v) is 10.9. The van der Waals surface area contributed by atoms with Crippen molar-refractivity contribution in [2.24, 2.45) is 5.92 Å². The number of benzene rings is 1. The lowest BCUT2D eigenvalue weighted by Gasteiger charge is -2.32. The Kier molecular flexibility index (Phi) is 7.63. The summed E-state index contributed by atoms with van der Waals surface area (Å²) in [5.41, 5.74) is 1.35. The van der Waals surface area contributed by atoms with Crippen molar-refractivity contribution in [1.29, 1.82) is 0 Å². The van der Waals surface area contributed by atoms with Crippen LogP contribution in [0.15, 0.2) is 47.6 Å². The number of carbonyl (C=O) groups is 2. The van der Waals surface area contributed by atoms with Gasteiger partial charge in [-0.1, -0.05) is 17.8 Å². The molecule has 2 amide bonds. The summed E-state index contributed by atoms with van der Waals surface area (Å²) in [5.74, 6) is 0.445. The van der Waals surface area contributed by atoms with Gasteiger partial charge in [-0.3, -0.25) is 9.59 Å². The van der Waals surface area contributed by atoms with Gasteiger partial charge in [-0.15, -0.1) is 0 Å². The SMILES string of the molecule is Cc1cc(F)ccc1NC(=O)CC[C@H]1CCCN(C(=O)CSc2ccccn2)C1. The molecule has 1 aromatic heterocycles. The topological polar surface area (TPSA) is 62.3 Å². The van der Waals surface area contributed by atoms with E-state index in [0.717, 1.165) is 30.8 Å². The summed E-state index contributed by atoms with van der Waals surface area (Å²) in [4.78, 5) is 30.9. The van der Waals surface area contributed by atoms with Gasteiger partial charge in [0.2, 0.25) is 11.8 Å². The number of thioether (sulfide) groups is 1. The quantitative estimate of drug-likeness (QED) is 0.686. The molecule has 2 aromatic rings. The number of nitrogens with one attached hydrogen (secondary N) is 1. The Labute approximate surface area is 175 Å². The van der Waals surface area contributed by atoms with Crippen LogP contribution in [0.4, 0.5) is 10.1 Å². The van der Waals surface area contributed by atoms with E-state index in [1.165, 1.54) is 23.9 Å². The third kappa shape index (κ3) is 6.56. The third-order valence-corrected chi connectivity index (χ3v) is 6.02. The maximum Gasteiger partial charge on any atom is 0.232 e. The van der Waals surface area contributed by atoms with Gasteiger partial charge in [-0.2, -0.15) is 0 Å². The van der Waals surface area contributed by atoms with E-state index in [-0.39, 0.29) is 17.6 Å². The molecule has 0 radical (unpaired) electrons. The van der Waals surface area contributed by atoms with Crippen LogP contribution in [0, 0.1) is 18.7 Å². The van der Waals surface area contributed by atoms with Crippen LogP contribution in [0.3, 0.4) is 0 Å². The van der Waals surface area contributed by atoms with Gasteiger partial charge in [0.05, 0.1) is 10.8 Å². The van der Waals surface area contributed by atoms with Crippen molar-refractivity contribution in [3.05, 3.63) is 54.0 Å². The Balaban J connectivity index is 1.43. The molecule has 0 aliphatic carbocycles. The third-order valence-electron chi connectivity index (χ3n) is 5.10. The van der Waals surface area contributed by atoms with E-state index in [9.17, 15) is 14.0 Å². The van der Waals surface area contributed by atoms with E-state index >= 15 is 0 Å². The summed E-state index contributed by atoms with van der Waals surface area (Å²) in [5, 5.41) is 3.70. The number of hydrogen-bond donors (Lipinski definition) is 1. The van der Waals surface area contributed by atoms with Crippen LogP contribution in [0.1, 0.15) is 31.2 Å². The molecule has 154 valence electrons. The molecular weight excluding hydrogens is 389 g/mol. The number of carbonyl (C=O) groups excluding carboxylic acids is 2. The first kappa shape index (κ1) is 21.3. The van der Waals surface area contributed by atoms with E-state index in [1.807, 2.05) is 23.1 Å². The van der Waals surface area contributed by atoms with E-state index in [4.69, 9.17) is 0 Å². The molecule has 1 fully saturated rings. The first-order valence-electron chi connectivity index (χ1n) is 9.89. The molecule has 1 N–H and O–H groups in total. The van der Waals surface area contributed by atoms with Crippen molar-refractivity contribution in [3.8, 4) is 0 Å². The van der Waals surface area contributed by atoms with Crippen LogP contribution >= 0.6 is 11.8 Å². The van der Waals surface area contributed by atoms with Crippen LogP contribution in [0.25, 0.3) is 0 Å². The highest BCUT2D eigenvalue weighted by Gasteiger charge is 2.24. The molecule has 2 heterocycles. The molecule has 0 bridgehead atoms. The van der Waals surface area contributed by atoms with Crippen molar-refractivity contribution >= 4 is 29.3 Å². The smallest absolute Gasteiger partial charge is 0.232 e. The van der Waals surface area contributed by atoms with Gasteiger partial charge < -0.3 is 10.2 Å². The maximum absolute atomic E-state index is 13.2. The van der Waals surface area contributed by atoms with E-state index in [1.54, 1.807) is 19.2 Å². The largest absolute Gasteiger partial charge is 0.342 e. The fraction of sp³-hybridized carbons (Fsp3) is 0.409. The summed E-state index contributed by atoms with van der Waals surface area (Å²) in [6.07, 6.45) is 4.85. The molecule has 29 heavy (non-hydrogen) atoms. The fourth-order valence-electron chi connectivity index (χ4n) is 3.50. The molecule has 1 atom stereocenters. The highest BCUT2D eigenvalue weighted by molar-refractivity contribution is 7.99. The second-order valence-corrected chi connectivity index (χ2v) is 8.35. The van der Waals surface area contributed by atoms with Crippen molar-refractivity contribution in [2.45, 2.75) is 37.6 Å². The van der Waals surface area contributed by atoms with Crippen LogP contribution in [-0.4, -0.2) is 40.5 Å². The van der Waals surface area contributed by atoms with Crippen molar-refractivity contribution < 1.29 is 14.0 Å². The van der Waals surface area contributed by atoms with Crippen molar-refractivity contribution in [2.75, 3.05) is 24.2 Å². The summed E-state index contributed by atoms with van der Waals surface area (Å²) >= 11 is 1.45. The number of aromatic nitrogens is 1. The minimum Gasteiger partial charge on any atom is -0.342 e. The molecule has 1 aromatic carbocycles. The number of piperidine rings is 1. The zero-order valence-corrected chi connectivity index (χ0v) is 17.4. The molecule has 0 spiro atoms. The number of hydrogen-bond acceptors (Lipinski definition) is 4. The van der Waals surface area contributed by atoms with Crippen LogP contribution in [0.2, 0.25) is 0 Å². The number of anilines is 1. The number of nitrogens with zero attached hydrogens (tertiary/aromatic N) is 2. The van der Waals surface area contributed by atoms with Gasteiger partial charge in [0.15, 0.2) is 0 Å². The van der Waals surface area contributed by atoms with E-state index in [0.29, 0.717) is 35.9 Å². The molecule has 1 aliphatic rings. The standard InChI is InChI=1S/C22H26FN3O2S/c1-16-13-18(23)8-9-19(16)25-20(27)10-7-17-5-4-12-26(14-17)22(28)15-29-21-6-2-3-11-24-21/h2-3,6,8-9,11,13,17H,4-5,7,10,12,14-15H2,1H3,(H,25,27)/t17-/m1/s1.